The summed E-state index contributed by atoms with van der Waals surface area (Å²) in [7, 11) is -0.0242. The molecule has 0 saturated carbocycles. The van der Waals surface area contributed by atoms with Gasteiger partial charge in [-0.15, -0.1) is 0 Å². The normalized spacial score (nSPS) is 18.0. The number of aryl methyl sites for hydroxylation is 2. The zero-order chi connectivity index (χ0) is 24.6. The van der Waals surface area contributed by atoms with Gasteiger partial charge >= 0.3 is 0 Å². The Kier molecular flexibility index (Phi) is 6.21. The van der Waals surface area contributed by atoms with E-state index in [0.717, 1.165) is 34.5 Å². The molecule has 8 nitrogen and oxygen atoms in total. The summed E-state index contributed by atoms with van der Waals surface area (Å²) in [5.41, 5.74) is 5.57. The van der Waals surface area contributed by atoms with E-state index in [2.05, 4.69) is 56.8 Å². The predicted molar refractivity (Wildman–Crippen MR) is 136 cm³/mol. The first-order valence-corrected chi connectivity index (χ1v) is 13.2. The van der Waals surface area contributed by atoms with E-state index >= 15 is 0 Å². The minimum absolute atomic E-state index is 0.0292. The highest BCUT2D eigenvalue weighted by Gasteiger charge is 2.37. The molecule has 2 aromatic carbocycles. The van der Waals surface area contributed by atoms with Crippen molar-refractivity contribution in [1.82, 2.24) is 23.8 Å². The molecule has 35 heavy (non-hydrogen) atoms. The summed E-state index contributed by atoms with van der Waals surface area (Å²) < 4.78 is 33.1. The Morgan fingerprint density at radius 3 is 2.51 bits per heavy atom. The first-order valence-electron chi connectivity index (χ1n) is 11.8. The lowest BCUT2D eigenvalue weighted by Crippen LogP contribution is -2.55. The van der Waals surface area contributed by atoms with Crippen LogP contribution in [0.25, 0.3) is 11.1 Å². The van der Waals surface area contributed by atoms with Gasteiger partial charge in [-0.1, -0.05) is 43.3 Å². The number of benzene rings is 2. The van der Waals surface area contributed by atoms with Gasteiger partial charge in [0.15, 0.2) is 5.03 Å². The van der Waals surface area contributed by atoms with Crippen LogP contribution in [0.1, 0.15) is 24.6 Å². The number of imidazole rings is 2. The molecule has 2 atom stereocenters. The van der Waals surface area contributed by atoms with Crippen molar-refractivity contribution < 1.29 is 8.42 Å². The molecule has 0 spiro atoms. The Balaban J connectivity index is 1.56. The zero-order valence-corrected chi connectivity index (χ0v) is 21.0. The number of anilines is 1. The number of hydrogen-bond acceptors (Lipinski definition) is 5. The van der Waals surface area contributed by atoms with Gasteiger partial charge in [0.2, 0.25) is 0 Å². The van der Waals surface area contributed by atoms with Crippen LogP contribution >= 0.6 is 0 Å². The molecule has 0 aliphatic carbocycles. The van der Waals surface area contributed by atoms with Gasteiger partial charge in [0.1, 0.15) is 0 Å². The topological polar surface area (TPSA) is 85.1 Å². The smallest absolute Gasteiger partial charge is 0.259 e. The third-order valence-corrected chi connectivity index (χ3v) is 8.11. The lowest BCUT2D eigenvalue weighted by Gasteiger charge is -2.43. The fourth-order valence-corrected chi connectivity index (χ4v) is 6.19. The van der Waals surface area contributed by atoms with Crippen LogP contribution in [-0.4, -0.2) is 39.6 Å². The second kappa shape index (κ2) is 9.31. The minimum atomic E-state index is -3.77. The molecule has 1 N–H and O–H groups in total. The van der Waals surface area contributed by atoms with Crippen molar-refractivity contribution in [2.24, 2.45) is 14.1 Å². The lowest BCUT2D eigenvalue weighted by molar-refractivity contribution is 0.414. The van der Waals surface area contributed by atoms with Crippen LogP contribution in [0.15, 0.2) is 78.6 Å². The fraction of sp³-hybridized carbons (Fsp3) is 0.308. The van der Waals surface area contributed by atoms with E-state index in [1.54, 1.807) is 17.9 Å². The van der Waals surface area contributed by atoms with Gasteiger partial charge < -0.3 is 14.0 Å². The van der Waals surface area contributed by atoms with Crippen LogP contribution in [0.4, 0.5) is 5.69 Å². The summed E-state index contributed by atoms with van der Waals surface area (Å²) in [6, 6.07) is 16.4. The number of rotatable bonds is 7. The molecule has 5 rings (SSSR count). The molecule has 4 aromatic rings. The maximum Gasteiger partial charge on any atom is 0.259 e. The second-order valence-electron chi connectivity index (χ2n) is 9.12. The monoisotopic (exact) mass is 490 g/mol. The highest BCUT2D eigenvalue weighted by Crippen LogP contribution is 2.36. The Morgan fingerprint density at radius 1 is 1.06 bits per heavy atom. The Labute approximate surface area is 206 Å². The highest BCUT2D eigenvalue weighted by molar-refractivity contribution is 7.89. The number of sulfonamides is 1. The van der Waals surface area contributed by atoms with E-state index in [-0.39, 0.29) is 17.1 Å². The molecule has 0 amide bonds. The van der Waals surface area contributed by atoms with Crippen molar-refractivity contribution >= 4 is 15.7 Å². The maximum atomic E-state index is 13.2. The number of fused-ring (bicyclic) bond motifs is 1. The van der Waals surface area contributed by atoms with E-state index in [1.165, 1.54) is 12.5 Å². The summed E-state index contributed by atoms with van der Waals surface area (Å²) >= 11 is 0. The van der Waals surface area contributed by atoms with Crippen LogP contribution < -0.4 is 9.62 Å². The molecule has 0 radical (unpaired) electrons. The van der Waals surface area contributed by atoms with Crippen LogP contribution in [0.2, 0.25) is 0 Å². The molecule has 1 aliphatic rings. The van der Waals surface area contributed by atoms with Crippen molar-refractivity contribution in [1.29, 1.82) is 0 Å². The number of nitrogens with one attached hydrogen (secondary N) is 1. The van der Waals surface area contributed by atoms with Gasteiger partial charge in [0.05, 0.1) is 24.9 Å². The van der Waals surface area contributed by atoms with Gasteiger partial charge in [0.25, 0.3) is 10.0 Å². The molecular formula is C26H30N6O2S. The van der Waals surface area contributed by atoms with Crippen molar-refractivity contribution in [2.45, 2.75) is 43.4 Å². The molecule has 182 valence electrons. The minimum Gasteiger partial charge on any atom is -0.361 e. The number of nitrogens with zero attached hydrogens (tertiary/aromatic N) is 5. The van der Waals surface area contributed by atoms with Gasteiger partial charge in [-0.2, -0.15) is 0 Å². The first kappa shape index (κ1) is 23.3. The van der Waals surface area contributed by atoms with Crippen LogP contribution in [-0.2, 0) is 37.1 Å². The summed E-state index contributed by atoms with van der Waals surface area (Å²) in [6.45, 7) is 2.74. The van der Waals surface area contributed by atoms with Crippen LogP contribution in [0.3, 0.4) is 0 Å². The number of aromatic nitrogens is 4. The Bertz CT molecular complexity index is 1430. The lowest BCUT2D eigenvalue weighted by atomic mass is 9.88. The van der Waals surface area contributed by atoms with Crippen LogP contribution in [0, 0.1) is 0 Å². The molecule has 3 heterocycles. The van der Waals surface area contributed by atoms with Crippen molar-refractivity contribution in [3.63, 3.8) is 0 Å². The SMILES string of the molecule is CCC1C(NS(=O)(=O)c2cn(C)cn2)Cc2cc(-c3ccccc3)ccc2N1Cc1cncn1C. The van der Waals surface area contributed by atoms with Gasteiger partial charge in [-0.25, -0.2) is 23.1 Å². The Hall–Kier alpha value is -3.43. The molecular weight excluding hydrogens is 460 g/mol. The van der Waals surface area contributed by atoms with E-state index in [4.69, 9.17) is 0 Å². The van der Waals surface area contributed by atoms with Crippen molar-refractivity contribution in [3.8, 4) is 11.1 Å². The van der Waals surface area contributed by atoms with E-state index in [9.17, 15) is 8.42 Å². The standard InChI is InChI=1S/C26H30N6O2S/c1-4-24-23(29-35(33,34)26-16-30(2)18-28-26)13-21-12-20(19-8-6-5-7-9-19)10-11-25(21)32(24)15-22-14-27-17-31(22)3/h5-12,14,16-18,23-24,29H,4,13,15H2,1-3H3. The summed E-state index contributed by atoms with van der Waals surface area (Å²) in [4.78, 5) is 10.7. The molecule has 2 aromatic heterocycles. The molecule has 0 saturated heterocycles. The van der Waals surface area contributed by atoms with E-state index < -0.39 is 10.0 Å². The van der Waals surface area contributed by atoms with E-state index in [1.807, 2.05) is 36.0 Å². The molecule has 0 bridgehead atoms. The van der Waals surface area contributed by atoms with Gasteiger partial charge in [-0.05, 0) is 41.7 Å². The molecule has 9 heteroatoms. The van der Waals surface area contributed by atoms with E-state index in [0.29, 0.717) is 13.0 Å². The summed E-state index contributed by atoms with van der Waals surface area (Å²) in [5.74, 6) is 0. The maximum absolute atomic E-state index is 13.2. The van der Waals surface area contributed by atoms with Crippen LogP contribution in [0.5, 0.6) is 0 Å². The second-order valence-corrected chi connectivity index (χ2v) is 10.8. The average molecular weight is 491 g/mol. The molecule has 2 unspecified atom stereocenters. The van der Waals surface area contributed by atoms with Gasteiger partial charge in [0, 0.05) is 44.3 Å². The van der Waals surface area contributed by atoms with Gasteiger partial charge in [-0.3, -0.25) is 0 Å². The Morgan fingerprint density at radius 2 is 1.86 bits per heavy atom. The molecule has 1 aliphatic heterocycles. The summed E-state index contributed by atoms with van der Waals surface area (Å²) in [6.07, 6.45) is 8.08. The predicted octanol–water partition coefficient (Wildman–Crippen LogP) is 3.51. The zero-order valence-electron chi connectivity index (χ0n) is 20.2. The third kappa shape index (κ3) is 4.61. The average Bonchev–Trinajstić information content (AvgIpc) is 3.47. The first-order chi connectivity index (χ1) is 16.9. The summed E-state index contributed by atoms with van der Waals surface area (Å²) in [5, 5.41) is 0.0388. The fourth-order valence-electron chi connectivity index (χ4n) is 4.93. The van der Waals surface area contributed by atoms with Crippen molar-refractivity contribution in [3.05, 3.63) is 84.8 Å². The quantitative estimate of drug-likeness (QED) is 0.429. The highest BCUT2D eigenvalue weighted by atomic mass is 32.2. The largest absolute Gasteiger partial charge is 0.361 e. The molecule has 0 fully saturated rings. The third-order valence-electron chi connectivity index (χ3n) is 6.73. The number of hydrogen-bond donors (Lipinski definition) is 1. The van der Waals surface area contributed by atoms with Crippen molar-refractivity contribution in [2.75, 3.05) is 4.90 Å².